The number of ether oxygens (including phenoxy) is 2. The Morgan fingerprint density at radius 1 is 1.21 bits per heavy atom. The van der Waals surface area contributed by atoms with Crippen LogP contribution in [0.5, 0.6) is 0 Å². The first-order valence-electron chi connectivity index (χ1n) is 13.2. The number of anilines is 2. The van der Waals surface area contributed by atoms with Gasteiger partial charge in [-0.3, -0.25) is 29.0 Å². The monoisotopic (exact) mass is 640 g/mol. The Kier molecular flexibility index (Phi) is 11.0. The highest BCUT2D eigenvalue weighted by Gasteiger charge is 2.38. The van der Waals surface area contributed by atoms with Gasteiger partial charge >= 0.3 is 6.09 Å². The maximum Gasteiger partial charge on any atom is 0.414 e. The summed E-state index contributed by atoms with van der Waals surface area (Å²) in [6.07, 6.45) is -0.742. The number of hydrogen-bond donors (Lipinski definition) is 1. The van der Waals surface area contributed by atoms with Gasteiger partial charge in [0.05, 0.1) is 40.6 Å². The van der Waals surface area contributed by atoms with E-state index < -0.39 is 35.9 Å². The summed E-state index contributed by atoms with van der Waals surface area (Å²) in [5.41, 5.74) is 5.84. The summed E-state index contributed by atoms with van der Waals surface area (Å²) in [6, 6.07) is 6.56. The lowest BCUT2D eigenvalue weighted by Gasteiger charge is -2.27. The number of halogens is 2. The lowest BCUT2D eigenvalue weighted by molar-refractivity contribution is -0.129. The molecule has 4 amide bonds. The van der Waals surface area contributed by atoms with Crippen molar-refractivity contribution in [2.75, 3.05) is 48.4 Å². The van der Waals surface area contributed by atoms with Gasteiger partial charge in [0.25, 0.3) is 11.8 Å². The number of thioether (sulfide) groups is 1. The van der Waals surface area contributed by atoms with Gasteiger partial charge in [-0.15, -0.1) is 11.3 Å². The second-order valence-corrected chi connectivity index (χ2v) is 12.5. The Hall–Kier alpha value is -3.04. The minimum absolute atomic E-state index is 0.0263. The minimum atomic E-state index is -0.917. The van der Waals surface area contributed by atoms with Crippen molar-refractivity contribution in [2.24, 2.45) is 5.73 Å². The molecule has 42 heavy (non-hydrogen) atoms. The van der Waals surface area contributed by atoms with Crippen LogP contribution < -0.4 is 15.5 Å². The Labute approximate surface area is 255 Å². The lowest BCUT2D eigenvalue weighted by atomic mass is 10.2. The topological polar surface area (TPSA) is 140 Å². The average molecular weight is 641 g/mol. The largest absolute Gasteiger partial charge is 0.442 e. The van der Waals surface area contributed by atoms with Crippen LogP contribution in [0.1, 0.15) is 35.9 Å². The van der Waals surface area contributed by atoms with Crippen LogP contribution in [0.2, 0.25) is 4.34 Å². The molecule has 0 saturated carbocycles. The van der Waals surface area contributed by atoms with Gasteiger partial charge in [0.15, 0.2) is 0 Å². The number of unbranched alkanes of at least 4 members (excludes halogenated alkanes) is 1. The molecule has 2 aliphatic rings. The molecule has 2 saturated heterocycles. The molecular formula is C27H30ClFN4O7S2. The Morgan fingerprint density at radius 2 is 2.00 bits per heavy atom. The Morgan fingerprint density at radius 3 is 2.67 bits per heavy atom. The van der Waals surface area contributed by atoms with Gasteiger partial charge < -0.3 is 20.1 Å². The lowest BCUT2D eigenvalue weighted by Crippen LogP contribution is -2.43. The van der Waals surface area contributed by atoms with E-state index in [-0.39, 0.29) is 54.2 Å². The molecule has 1 aromatic carbocycles. The number of nitrogens with zero attached hydrogens (tertiary/aromatic N) is 3. The van der Waals surface area contributed by atoms with Crippen LogP contribution in [0.3, 0.4) is 0 Å². The van der Waals surface area contributed by atoms with Crippen molar-refractivity contribution in [3.05, 3.63) is 45.4 Å². The third-order valence-corrected chi connectivity index (χ3v) is 8.88. The van der Waals surface area contributed by atoms with Gasteiger partial charge in [-0.2, -0.15) is 0 Å². The van der Waals surface area contributed by atoms with E-state index in [4.69, 9.17) is 26.8 Å². The fourth-order valence-corrected chi connectivity index (χ4v) is 6.17. The second kappa shape index (κ2) is 14.4. The van der Waals surface area contributed by atoms with Crippen molar-refractivity contribution in [2.45, 2.75) is 38.3 Å². The minimum Gasteiger partial charge on any atom is -0.442 e. The van der Waals surface area contributed by atoms with E-state index in [0.29, 0.717) is 35.2 Å². The molecule has 2 atom stereocenters. The molecule has 15 heteroatoms. The van der Waals surface area contributed by atoms with Crippen molar-refractivity contribution >= 4 is 75.0 Å². The number of cyclic esters (lactones) is 1. The third-order valence-electron chi connectivity index (χ3n) is 6.51. The smallest absolute Gasteiger partial charge is 0.414 e. The van der Waals surface area contributed by atoms with Crippen molar-refractivity contribution in [1.82, 2.24) is 4.90 Å². The molecule has 4 rings (SSSR count). The number of thiophene rings is 1. The predicted molar refractivity (Wildman–Crippen MR) is 158 cm³/mol. The number of rotatable bonds is 11. The normalized spacial score (nSPS) is 17.8. The number of carbonyl (C=O) groups is 5. The molecule has 0 radical (unpaired) electrons. The maximum absolute atomic E-state index is 15.1. The number of carbonyl (C=O) groups excluding carboxylic acids is 5. The van der Waals surface area contributed by atoms with E-state index in [0.717, 1.165) is 32.9 Å². The number of amides is 4. The van der Waals surface area contributed by atoms with Crippen LogP contribution in [-0.4, -0.2) is 84.6 Å². The molecule has 0 aliphatic carbocycles. The van der Waals surface area contributed by atoms with E-state index in [9.17, 15) is 24.0 Å². The summed E-state index contributed by atoms with van der Waals surface area (Å²) >= 11 is 8.11. The van der Waals surface area contributed by atoms with Gasteiger partial charge in [0.2, 0.25) is 11.0 Å². The van der Waals surface area contributed by atoms with Gasteiger partial charge in [-0.25, -0.2) is 9.18 Å². The molecule has 0 bridgehead atoms. The zero-order valence-corrected chi connectivity index (χ0v) is 25.1. The van der Waals surface area contributed by atoms with Crippen LogP contribution in [0.25, 0.3) is 0 Å². The number of morpholine rings is 1. The molecule has 2 aliphatic heterocycles. The quantitative estimate of drug-likeness (QED) is 0.364. The highest BCUT2D eigenvalue weighted by Crippen LogP contribution is 2.30. The van der Waals surface area contributed by atoms with Crippen LogP contribution in [0, 0.1) is 5.82 Å². The van der Waals surface area contributed by atoms with Gasteiger partial charge in [-0.05, 0) is 50.1 Å². The summed E-state index contributed by atoms with van der Waals surface area (Å²) in [6.45, 7) is 1.77. The van der Waals surface area contributed by atoms with Crippen molar-refractivity contribution in [3.63, 3.8) is 0 Å². The van der Waals surface area contributed by atoms with Gasteiger partial charge in [0.1, 0.15) is 18.5 Å². The number of nitrogens with two attached hydrogens (primary N) is 1. The Bertz CT molecular complexity index is 1360. The molecule has 3 heterocycles. The first-order chi connectivity index (χ1) is 20.0. The van der Waals surface area contributed by atoms with Gasteiger partial charge in [0, 0.05) is 24.4 Å². The van der Waals surface area contributed by atoms with Crippen molar-refractivity contribution in [3.8, 4) is 0 Å². The van der Waals surface area contributed by atoms with E-state index in [1.807, 2.05) is 0 Å². The summed E-state index contributed by atoms with van der Waals surface area (Å²) in [5.74, 6) is -1.61. The van der Waals surface area contributed by atoms with Gasteiger partial charge in [-0.1, -0.05) is 23.4 Å². The zero-order chi connectivity index (χ0) is 30.4. The summed E-state index contributed by atoms with van der Waals surface area (Å²) < 4.78 is 26.1. The third kappa shape index (κ3) is 7.86. The van der Waals surface area contributed by atoms with Crippen molar-refractivity contribution in [1.29, 1.82) is 0 Å². The fraction of sp³-hybridized carbons (Fsp3) is 0.444. The molecule has 0 spiro atoms. The first kappa shape index (κ1) is 31.9. The van der Waals surface area contributed by atoms with Crippen LogP contribution in [-0.2, 0) is 23.9 Å². The van der Waals surface area contributed by atoms with Crippen molar-refractivity contribution < 1.29 is 37.8 Å². The molecular weight excluding hydrogens is 611 g/mol. The second-order valence-electron chi connectivity index (χ2n) is 9.68. The highest BCUT2D eigenvalue weighted by molar-refractivity contribution is 8.13. The molecule has 1 aromatic heterocycles. The highest BCUT2D eigenvalue weighted by atomic mass is 35.5. The molecule has 2 fully saturated rings. The average Bonchev–Trinajstić information content (AvgIpc) is 3.55. The molecule has 2 aromatic rings. The fourth-order valence-electron chi connectivity index (χ4n) is 4.37. The molecule has 0 unspecified atom stereocenters. The van der Waals surface area contributed by atoms with E-state index >= 15 is 4.39 Å². The predicted octanol–water partition coefficient (Wildman–Crippen LogP) is 3.68. The molecule has 226 valence electrons. The number of hydrogen-bond acceptors (Lipinski definition) is 10. The molecule has 2 N–H and O–H groups in total. The van der Waals surface area contributed by atoms with E-state index in [1.54, 1.807) is 13.0 Å². The number of imide groups is 1. The number of benzene rings is 1. The van der Waals surface area contributed by atoms with E-state index in [2.05, 4.69) is 0 Å². The van der Waals surface area contributed by atoms with Crippen LogP contribution >= 0.6 is 34.7 Å². The zero-order valence-electron chi connectivity index (χ0n) is 22.8. The van der Waals surface area contributed by atoms with E-state index in [1.165, 1.54) is 29.2 Å². The summed E-state index contributed by atoms with van der Waals surface area (Å²) in [4.78, 5) is 66.8. The Balaban J connectivity index is 1.42. The molecule has 11 nitrogen and oxygen atoms in total. The standard InChI is InChI=1S/C27H30ClFN4O7S2/c1-16(30)26(37)41-11-3-2-4-23(34)33(25(36)21-7-8-22(28)42-21)14-18-13-32(27(38)40-18)20-6-5-17(12-19(20)29)31-9-10-39-15-24(31)35/h5-8,12,16,18H,2-4,9-11,13-15,30H2,1H3/t16-,18+/m0/s1. The first-order valence-corrected chi connectivity index (χ1v) is 15.4. The summed E-state index contributed by atoms with van der Waals surface area (Å²) in [5, 5.41) is -0.138. The van der Waals surface area contributed by atoms with Crippen LogP contribution in [0.15, 0.2) is 30.3 Å². The maximum atomic E-state index is 15.1. The SMILES string of the molecule is C[C@H](N)C(=O)SCCCCC(=O)N(C[C@H]1CN(c2ccc(N3CCOCC3=O)cc2F)C(=O)O1)C(=O)c1ccc(Cl)s1. The van der Waals surface area contributed by atoms with Crippen LogP contribution in [0.4, 0.5) is 20.6 Å². The summed E-state index contributed by atoms with van der Waals surface area (Å²) in [7, 11) is 0.